The minimum absolute atomic E-state index is 0.0453. The summed E-state index contributed by atoms with van der Waals surface area (Å²) < 4.78 is 5.37. The van der Waals surface area contributed by atoms with E-state index < -0.39 is 11.0 Å². The molecular formula is C15H16N2O3. The molecule has 1 unspecified atom stereocenters. The van der Waals surface area contributed by atoms with Gasteiger partial charge < -0.3 is 10.5 Å². The lowest BCUT2D eigenvalue weighted by Crippen LogP contribution is -2.12. The number of non-ortho nitro benzene ring substituents is 1. The van der Waals surface area contributed by atoms with Gasteiger partial charge in [0.05, 0.1) is 17.6 Å². The summed E-state index contributed by atoms with van der Waals surface area (Å²) in [7, 11) is 0. The van der Waals surface area contributed by atoms with Gasteiger partial charge in [0.25, 0.3) is 5.69 Å². The highest BCUT2D eigenvalue weighted by Crippen LogP contribution is 2.24. The first-order chi connectivity index (χ1) is 9.61. The van der Waals surface area contributed by atoms with Crippen molar-refractivity contribution in [3.63, 3.8) is 0 Å². The summed E-state index contributed by atoms with van der Waals surface area (Å²) in [5.74, 6) is 0.780. The molecule has 5 nitrogen and oxygen atoms in total. The molecule has 0 radical (unpaired) electrons. The summed E-state index contributed by atoms with van der Waals surface area (Å²) in [5, 5.41) is 10.8. The minimum atomic E-state index is -0.422. The van der Waals surface area contributed by atoms with E-state index in [1.807, 2.05) is 31.2 Å². The van der Waals surface area contributed by atoms with Crippen molar-refractivity contribution in [2.45, 2.75) is 13.0 Å². The number of nitro groups is 1. The van der Waals surface area contributed by atoms with Gasteiger partial charge in [0, 0.05) is 12.1 Å². The number of benzene rings is 2. The number of nitrogens with zero attached hydrogens (tertiary/aromatic N) is 1. The average Bonchev–Trinajstić information content (AvgIpc) is 2.48. The second-order valence-electron chi connectivity index (χ2n) is 4.33. The molecule has 0 saturated heterocycles. The van der Waals surface area contributed by atoms with Gasteiger partial charge in [-0.2, -0.15) is 0 Å². The van der Waals surface area contributed by atoms with Gasteiger partial charge in [-0.3, -0.25) is 10.1 Å². The average molecular weight is 272 g/mol. The van der Waals surface area contributed by atoms with Crippen LogP contribution < -0.4 is 10.5 Å². The third-order valence-electron chi connectivity index (χ3n) is 2.99. The molecule has 0 heterocycles. The van der Waals surface area contributed by atoms with E-state index in [0.29, 0.717) is 12.2 Å². The second-order valence-corrected chi connectivity index (χ2v) is 4.33. The van der Waals surface area contributed by atoms with E-state index in [4.69, 9.17) is 10.5 Å². The Morgan fingerprint density at radius 2 is 1.90 bits per heavy atom. The number of nitro benzene ring substituents is 1. The molecule has 104 valence electrons. The quantitative estimate of drug-likeness (QED) is 0.670. The summed E-state index contributed by atoms with van der Waals surface area (Å²) in [6.45, 7) is 2.53. The molecule has 5 heteroatoms. The molecule has 2 N–H and O–H groups in total. The standard InChI is InChI=1S/C15H16N2O3/c1-2-20-14-8-6-11(7-9-14)15(16)12-4-3-5-13(10-12)17(18)19/h3-10,15H,2,16H2,1H3. The number of ether oxygens (including phenoxy) is 1. The third kappa shape index (κ3) is 3.13. The zero-order valence-corrected chi connectivity index (χ0v) is 11.2. The molecular weight excluding hydrogens is 256 g/mol. The van der Waals surface area contributed by atoms with E-state index in [1.165, 1.54) is 12.1 Å². The Labute approximate surface area is 117 Å². The van der Waals surface area contributed by atoms with Crippen LogP contribution in [-0.2, 0) is 0 Å². The monoisotopic (exact) mass is 272 g/mol. The van der Waals surface area contributed by atoms with Crippen molar-refractivity contribution in [1.29, 1.82) is 0 Å². The molecule has 0 amide bonds. The zero-order valence-electron chi connectivity index (χ0n) is 11.2. The fraction of sp³-hybridized carbons (Fsp3) is 0.200. The second kappa shape index (κ2) is 6.16. The number of nitrogens with two attached hydrogens (primary N) is 1. The summed E-state index contributed by atoms with van der Waals surface area (Å²) in [6, 6.07) is 13.4. The maximum absolute atomic E-state index is 10.8. The Morgan fingerprint density at radius 3 is 2.50 bits per heavy atom. The molecule has 2 rings (SSSR count). The first-order valence-electron chi connectivity index (χ1n) is 6.34. The predicted molar refractivity (Wildman–Crippen MR) is 76.7 cm³/mol. The molecule has 0 aromatic heterocycles. The minimum Gasteiger partial charge on any atom is -0.494 e. The normalized spacial score (nSPS) is 11.9. The Balaban J connectivity index is 2.24. The highest BCUT2D eigenvalue weighted by Gasteiger charge is 2.13. The van der Waals surface area contributed by atoms with E-state index in [-0.39, 0.29) is 5.69 Å². The molecule has 0 fully saturated rings. The largest absolute Gasteiger partial charge is 0.494 e. The number of rotatable bonds is 5. The van der Waals surface area contributed by atoms with Crippen LogP contribution in [0, 0.1) is 10.1 Å². The summed E-state index contributed by atoms with van der Waals surface area (Å²) in [6.07, 6.45) is 0. The number of hydrogen-bond donors (Lipinski definition) is 1. The number of hydrogen-bond acceptors (Lipinski definition) is 4. The Morgan fingerprint density at radius 1 is 1.20 bits per heavy atom. The zero-order chi connectivity index (χ0) is 14.5. The van der Waals surface area contributed by atoms with Gasteiger partial charge in [0.2, 0.25) is 0 Å². The van der Waals surface area contributed by atoms with Crippen molar-refractivity contribution < 1.29 is 9.66 Å². The summed E-state index contributed by atoms with van der Waals surface area (Å²) in [5.41, 5.74) is 7.79. The van der Waals surface area contributed by atoms with E-state index in [1.54, 1.807) is 12.1 Å². The summed E-state index contributed by atoms with van der Waals surface area (Å²) in [4.78, 5) is 10.4. The topological polar surface area (TPSA) is 78.4 Å². The van der Waals surface area contributed by atoms with Crippen LogP contribution in [-0.4, -0.2) is 11.5 Å². The summed E-state index contributed by atoms with van der Waals surface area (Å²) >= 11 is 0. The maximum atomic E-state index is 10.8. The molecule has 2 aromatic rings. The van der Waals surface area contributed by atoms with Gasteiger partial charge in [-0.25, -0.2) is 0 Å². The van der Waals surface area contributed by atoms with Crippen molar-refractivity contribution in [3.8, 4) is 5.75 Å². The smallest absolute Gasteiger partial charge is 0.269 e. The molecule has 2 aromatic carbocycles. The molecule has 0 bridgehead atoms. The van der Waals surface area contributed by atoms with Crippen LogP contribution >= 0.6 is 0 Å². The van der Waals surface area contributed by atoms with Gasteiger partial charge >= 0.3 is 0 Å². The molecule has 0 aliphatic heterocycles. The van der Waals surface area contributed by atoms with Crippen LogP contribution in [0.5, 0.6) is 5.75 Å². The Bertz CT molecular complexity index is 596. The molecule has 0 aliphatic rings. The SMILES string of the molecule is CCOc1ccc(C(N)c2cccc([N+](=O)[O-])c2)cc1. The van der Waals surface area contributed by atoms with Crippen LogP contribution in [0.2, 0.25) is 0 Å². The Hall–Kier alpha value is -2.40. The molecule has 0 aliphatic carbocycles. The lowest BCUT2D eigenvalue weighted by atomic mass is 9.99. The predicted octanol–water partition coefficient (Wildman–Crippen LogP) is 3.04. The van der Waals surface area contributed by atoms with E-state index in [0.717, 1.165) is 11.3 Å². The van der Waals surface area contributed by atoms with Gasteiger partial charge in [-0.1, -0.05) is 24.3 Å². The first kappa shape index (κ1) is 14.0. The fourth-order valence-electron chi connectivity index (χ4n) is 1.96. The van der Waals surface area contributed by atoms with E-state index >= 15 is 0 Å². The molecule has 1 atom stereocenters. The van der Waals surface area contributed by atoms with Crippen LogP contribution in [0.15, 0.2) is 48.5 Å². The highest BCUT2D eigenvalue weighted by molar-refractivity contribution is 5.40. The highest BCUT2D eigenvalue weighted by atomic mass is 16.6. The van der Waals surface area contributed by atoms with Crippen molar-refractivity contribution in [2.75, 3.05) is 6.61 Å². The first-order valence-corrected chi connectivity index (χ1v) is 6.34. The van der Waals surface area contributed by atoms with E-state index in [9.17, 15) is 10.1 Å². The van der Waals surface area contributed by atoms with Crippen molar-refractivity contribution >= 4 is 5.69 Å². The Kier molecular flexibility index (Phi) is 4.32. The van der Waals surface area contributed by atoms with E-state index in [2.05, 4.69) is 0 Å². The van der Waals surface area contributed by atoms with Gasteiger partial charge in [-0.05, 0) is 30.2 Å². The van der Waals surface area contributed by atoms with Crippen molar-refractivity contribution in [3.05, 3.63) is 69.8 Å². The van der Waals surface area contributed by atoms with Gasteiger partial charge in [-0.15, -0.1) is 0 Å². The fourth-order valence-corrected chi connectivity index (χ4v) is 1.96. The molecule has 0 saturated carbocycles. The van der Waals surface area contributed by atoms with Crippen LogP contribution in [0.4, 0.5) is 5.69 Å². The molecule has 20 heavy (non-hydrogen) atoms. The van der Waals surface area contributed by atoms with Crippen LogP contribution in [0.3, 0.4) is 0 Å². The lowest BCUT2D eigenvalue weighted by molar-refractivity contribution is -0.384. The van der Waals surface area contributed by atoms with Crippen LogP contribution in [0.1, 0.15) is 24.1 Å². The van der Waals surface area contributed by atoms with Crippen LogP contribution in [0.25, 0.3) is 0 Å². The van der Waals surface area contributed by atoms with Crippen molar-refractivity contribution in [2.24, 2.45) is 5.73 Å². The third-order valence-corrected chi connectivity index (χ3v) is 2.99. The van der Waals surface area contributed by atoms with Crippen molar-refractivity contribution in [1.82, 2.24) is 0 Å². The van der Waals surface area contributed by atoms with Gasteiger partial charge in [0.1, 0.15) is 5.75 Å². The maximum Gasteiger partial charge on any atom is 0.269 e. The van der Waals surface area contributed by atoms with Gasteiger partial charge in [0.15, 0.2) is 0 Å². The molecule has 0 spiro atoms. The lowest BCUT2D eigenvalue weighted by Gasteiger charge is -2.13.